The summed E-state index contributed by atoms with van der Waals surface area (Å²) in [5.41, 5.74) is 1.38. The number of hydrogen-bond donors (Lipinski definition) is 1. The van der Waals surface area contributed by atoms with Gasteiger partial charge in [0.15, 0.2) is 0 Å². The van der Waals surface area contributed by atoms with Crippen molar-refractivity contribution in [1.82, 2.24) is 10.2 Å². The zero-order valence-corrected chi connectivity index (χ0v) is 26.0. The minimum atomic E-state index is -0.927. The molecule has 12 nitrogen and oxygen atoms in total. The molecule has 2 atom stereocenters. The van der Waals surface area contributed by atoms with Crippen LogP contribution in [0.3, 0.4) is 0 Å². The predicted molar refractivity (Wildman–Crippen MR) is 161 cm³/mol. The predicted octanol–water partition coefficient (Wildman–Crippen LogP) is 4.45. The number of nitriles is 3. The smallest absolute Gasteiger partial charge is 0.332 e. The number of amides is 3. The monoisotopic (exact) mass is 637 g/mol. The fourth-order valence-electron chi connectivity index (χ4n) is 4.81. The van der Waals surface area contributed by atoms with Gasteiger partial charge in [0.2, 0.25) is 6.08 Å². The third kappa shape index (κ3) is 6.45. The number of anilines is 1. The number of carbonyl (C=O) groups excluding carboxylic acids is 3. The minimum Gasteiger partial charge on any atom is -0.378 e. The van der Waals surface area contributed by atoms with E-state index < -0.39 is 11.6 Å². The van der Waals surface area contributed by atoms with Crippen LogP contribution in [0, 0.1) is 47.8 Å². The highest BCUT2D eigenvalue weighted by Gasteiger charge is 2.58. The Morgan fingerprint density at radius 2 is 1.52 bits per heavy atom. The van der Waals surface area contributed by atoms with Gasteiger partial charge < -0.3 is 19.7 Å². The molecular formula is C30H29Cl2N7O5. The molecule has 3 amide bonds. The number of hydrogen-bond acceptors (Lipinski definition) is 10. The van der Waals surface area contributed by atoms with E-state index in [0.29, 0.717) is 64.9 Å². The van der Waals surface area contributed by atoms with Gasteiger partial charge in [0, 0.05) is 33.1 Å². The number of nitrogens with zero attached hydrogens (tertiary/aromatic N) is 6. The first kappa shape index (κ1) is 34.2. The largest absolute Gasteiger partial charge is 0.378 e. The molecule has 2 unspecified atom stereocenters. The normalized spacial score (nSPS) is 21.8. The number of nitrogens with one attached hydrogen (secondary N) is 1. The second-order valence-corrected chi connectivity index (χ2v) is 10.9. The number of likely N-dealkylation sites (N-methyl/N-ethyl adjacent to an activating group) is 2. The zero-order chi connectivity index (χ0) is 32.7. The number of isocyanates is 1. The third-order valence-electron chi connectivity index (χ3n) is 7.80. The van der Waals surface area contributed by atoms with Crippen LogP contribution >= 0.6 is 23.2 Å². The molecule has 0 radical (unpaired) electrons. The second kappa shape index (κ2) is 14.4. The maximum absolute atomic E-state index is 12.8. The molecule has 5 rings (SSSR count). The summed E-state index contributed by atoms with van der Waals surface area (Å²) in [7, 11) is 3.40. The van der Waals surface area contributed by atoms with Crippen LogP contribution in [0.5, 0.6) is 0 Å². The lowest BCUT2D eigenvalue weighted by molar-refractivity contribution is -0.124. The fourth-order valence-corrected chi connectivity index (χ4v) is 5.22. The highest BCUT2D eigenvalue weighted by Crippen LogP contribution is 2.39. The molecule has 14 heteroatoms. The van der Waals surface area contributed by atoms with Gasteiger partial charge in [0.05, 0.1) is 51.8 Å². The standard InChI is InChI=1S/C15H14ClN3O3.C9H5ClN2O.C6H10N2O/c1-9-11(4-3-10(7-17)12(9)16)19-13(20)15(5-6-22-8-15)18(2)14(19)21;1-6-8(12-5-13)3-2-7(4-11)9(6)10;1-8-6(4-7)2-3-9-5-6/h3-4H,5-6,8H2,1-2H3;2-3H,1H3;8H,2-3,5H2,1H3. The number of aliphatic imine (C=N–C) groups is 1. The number of halogens is 2. The first-order valence-corrected chi connectivity index (χ1v) is 14.1. The second-order valence-electron chi connectivity index (χ2n) is 10.1. The van der Waals surface area contributed by atoms with Crippen molar-refractivity contribution < 1.29 is 23.9 Å². The van der Waals surface area contributed by atoms with Gasteiger partial charge in [-0.3, -0.25) is 4.79 Å². The molecule has 2 aromatic rings. The van der Waals surface area contributed by atoms with Crippen LogP contribution in [0.4, 0.5) is 16.2 Å². The lowest BCUT2D eigenvalue weighted by atomic mass is 9.97. The number of rotatable bonds is 3. The van der Waals surface area contributed by atoms with Crippen LogP contribution in [-0.2, 0) is 19.1 Å². The highest BCUT2D eigenvalue weighted by atomic mass is 35.5. The maximum Gasteiger partial charge on any atom is 0.332 e. The Morgan fingerprint density at radius 1 is 0.932 bits per heavy atom. The average molecular weight is 639 g/mol. The Bertz CT molecular complexity index is 1620. The zero-order valence-electron chi connectivity index (χ0n) is 24.5. The molecule has 1 N–H and O–H groups in total. The van der Waals surface area contributed by atoms with E-state index in [1.807, 2.05) is 12.1 Å². The van der Waals surface area contributed by atoms with E-state index in [2.05, 4.69) is 16.4 Å². The van der Waals surface area contributed by atoms with Crippen molar-refractivity contribution in [2.24, 2.45) is 4.99 Å². The molecule has 3 heterocycles. The van der Waals surface area contributed by atoms with E-state index in [0.717, 1.165) is 11.3 Å². The molecular weight excluding hydrogens is 609 g/mol. The summed E-state index contributed by atoms with van der Waals surface area (Å²) in [6.07, 6.45) is 2.71. The van der Waals surface area contributed by atoms with Gasteiger partial charge in [0.1, 0.15) is 23.2 Å². The van der Waals surface area contributed by atoms with E-state index in [4.69, 9.17) is 48.5 Å². The molecule has 44 heavy (non-hydrogen) atoms. The summed E-state index contributed by atoms with van der Waals surface area (Å²) in [6, 6.07) is 11.9. The maximum atomic E-state index is 12.8. The molecule has 3 aliphatic rings. The number of carbonyl (C=O) groups is 2. The lowest BCUT2D eigenvalue weighted by Crippen LogP contribution is -2.48. The first-order chi connectivity index (χ1) is 21.0. The summed E-state index contributed by atoms with van der Waals surface area (Å²) in [6.45, 7) is 5.26. The van der Waals surface area contributed by atoms with Gasteiger partial charge in [-0.05, 0) is 56.3 Å². The first-order valence-electron chi connectivity index (χ1n) is 13.3. The van der Waals surface area contributed by atoms with Crippen LogP contribution in [0.2, 0.25) is 10.0 Å². The summed E-state index contributed by atoms with van der Waals surface area (Å²) in [5, 5.41) is 29.8. The Kier molecular flexibility index (Phi) is 11.2. The van der Waals surface area contributed by atoms with Crippen molar-refractivity contribution in [3.63, 3.8) is 0 Å². The number of imide groups is 1. The van der Waals surface area contributed by atoms with E-state index in [9.17, 15) is 14.4 Å². The van der Waals surface area contributed by atoms with E-state index in [1.165, 1.54) is 23.1 Å². The van der Waals surface area contributed by atoms with Crippen molar-refractivity contribution >= 4 is 52.6 Å². The van der Waals surface area contributed by atoms with Crippen molar-refractivity contribution in [3.8, 4) is 18.2 Å². The van der Waals surface area contributed by atoms with Crippen LogP contribution < -0.4 is 10.2 Å². The molecule has 0 aromatic heterocycles. The van der Waals surface area contributed by atoms with Crippen molar-refractivity contribution in [1.29, 1.82) is 15.8 Å². The summed E-state index contributed by atoms with van der Waals surface area (Å²) >= 11 is 12.0. The summed E-state index contributed by atoms with van der Waals surface area (Å²) in [4.78, 5) is 41.4. The van der Waals surface area contributed by atoms with Crippen LogP contribution in [0.25, 0.3) is 0 Å². The molecule has 3 aliphatic heterocycles. The molecule has 3 saturated heterocycles. The molecule has 228 valence electrons. The number of ether oxygens (including phenoxy) is 2. The van der Waals surface area contributed by atoms with Crippen LogP contribution in [-0.4, -0.2) is 74.5 Å². The van der Waals surface area contributed by atoms with Gasteiger partial charge >= 0.3 is 6.03 Å². The molecule has 1 spiro atoms. The molecule has 2 aromatic carbocycles. The average Bonchev–Trinajstić information content (AvgIpc) is 3.77. The summed E-state index contributed by atoms with van der Waals surface area (Å²) < 4.78 is 10.4. The van der Waals surface area contributed by atoms with Gasteiger partial charge in [-0.1, -0.05) is 23.2 Å². The Morgan fingerprint density at radius 3 is 2.00 bits per heavy atom. The van der Waals surface area contributed by atoms with Crippen molar-refractivity contribution in [2.45, 2.75) is 37.8 Å². The molecule has 3 fully saturated rings. The van der Waals surface area contributed by atoms with Crippen molar-refractivity contribution in [2.75, 3.05) is 45.4 Å². The summed E-state index contributed by atoms with van der Waals surface area (Å²) in [5.74, 6) is -0.304. The topological polar surface area (TPSA) is 172 Å². The van der Waals surface area contributed by atoms with E-state index >= 15 is 0 Å². The SMILES string of the molecule is CNC1(C#N)CCOC1.Cc1c(N2C(=O)N(C)C3(CCOC3)C2=O)ccc(C#N)c1Cl.Cc1c(N=C=O)ccc(C#N)c1Cl. The fraction of sp³-hybridized carbons (Fsp3) is 0.400. The van der Waals surface area contributed by atoms with Crippen LogP contribution in [0.15, 0.2) is 29.3 Å². The van der Waals surface area contributed by atoms with Gasteiger partial charge in [0.25, 0.3) is 5.91 Å². The third-order valence-corrected chi connectivity index (χ3v) is 8.77. The van der Waals surface area contributed by atoms with Gasteiger partial charge in [-0.25, -0.2) is 14.5 Å². The minimum absolute atomic E-state index is 0.202. The van der Waals surface area contributed by atoms with Crippen LogP contribution in [0.1, 0.15) is 35.1 Å². The number of urea groups is 1. The van der Waals surface area contributed by atoms with Gasteiger partial charge in [-0.15, -0.1) is 0 Å². The Hall–Kier alpha value is -4.31. The van der Waals surface area contributed by atoms with E-state index in [-0.39, 0.29) is 23.1 Å². The Labute approximate surface area is 265 Å². The highest BCUT2D eigenvalue weighted by molar-refractivity contribution is 6.34. The molecule has 0 aliphatic carbocycles. The Balaban J connectivity index is 0.000000203. The van der Waals surface area contributed by atoms with Crippen molar-refractivity contribution in [3.05, 3.63) is 56.6 Å². The quantitative estimate of drug-likeness (QED) is 0.290. The lowest BCUT2D eigenvalue weighted by Gasteiger charge is -2.25. The number of benzene rings is 2. The van der Waals surface area contributed by atoms with E-state index in [1.54, 1.807) is 40.1 Å². The molecule has 0 bridgehead atoms. The molecule has 0 saturated carbocycles. The van der Waals surface area contributed by atoms with Gasteiger partial charge in [-0.2, -0.15) is 20.8 Å².